The lowest BCUT2D eigenvalue weighted by atomic mass is 10.1. The molecular formula is C13H13F3N4O2. The Bertz CT molecular complexity index is 682. The third-order valence-corrected chi connectivity index (χ3v) is 2.66. The molecule has 0 bridgehead atoms. The summed E-state index contributed by atoms with van der Waals surface area (Å²) < 4.78 is 43.2. The van der Waals surface area contributed by atoms with Gasteiger partial charge in [0.25, 0.3) is 0 Å². The number of nitrogens with zero attached hydrogens (tertiary/aromatic N) is 2. The summed E-state index contributed by atoms with van der Waals surface area (Å²) in [6, 6.07) is 2.99. The Morgan fingerprint density at radius 2 is 2.05 bits per heavy atom. The van der Waals surface area contributed by atoms with E-state index in [-0.39, 0.29) is 23.8 Å². The fraction of sp³-hybridized carbons (Fsp3) is 0.308. The number of anilines is 2. The molecule has 1 amide bonds. The van der Waals surface area contributed by atoms with Gasteiger partial charge in [-0.1, -0.05) is 5.16 Å². The number of benzene rings is 1. The number of aryl methyl sites for hydroxylation is 1. The summed E-state index contributed by atoms with van der Waals surface area (Å²) in [7, 11) is 0. The van der Waals surface area contributed by atoms with Crippen molar-refractivity contribution in [1.29, 1.82) is 0 Å². The van der Waals surface area contributed by atoms with Crippen LogP contribution in [-0.2, 0) is 17.5 Å². The van der Waals surface area contributed by atoms with E-state index >= 15 is 0 Å². The zero-order valence-corrected chi connectivity index (χ0v) is 11.8. The van der Waals surface area contributed by atoms with Crippen LogP contribution in [0.5, 0.6) is 0 Å². The van der Waals surface area contributed by atoms with Crippen molar-refractivity contribution < 1.29 is 22.5 Å². The van der Waals surface area contributed by atoms with E-state index in [0.717, 1.165) is 12.1 Å². The van der Waals surface area contributed by atoms with Crippen molar-refractivity contribution in [3.63, 3.8) is 0 Å². The highest BCUT2D eigenvalue weighted by Gasteiger charge is 2.31. The SMILES string of the molecule is CC(=O)Nc1ccc(C(F)(F)F)cc1NCc1nc(C)no1. The smallest absolute Gasteiger partial charge is 0.374 e. The van der Waals surface area contributed by atoms with E-state index in [1.807, 2.05) is 0 Å². The fourth-order valence-corrected chi connectivity index (χ4v) is 1.75. The fourth-order valence-electron chi connectivity index (χ4n) is 1.75. The van der Waals surface area contributed by atoms with Gasteiger partial charge in [0.15, 0.2) is 5.82 Å². The van der Waals surface area contributed by atoms with E-state index in [9.17, 15) is 18.0 Å². The highest BCUT2D eigenvalue weighted by Crippen LogP contribution is 2.34. The van der Waals surface area contributed by atoms with Gasteiger partial charge in [-0.3, -0.25) is 4.79 Å². The first kappa shape index (κ1) is 15.8. The minimum Gasteiger partial charge on any atom is -0.374 e. The third-order valence-electron chi connectivity index (χ3n) is 2.66. The van der Waals surface area contributed by atoms with Crippen LogP contribution < -0.4 is 10.6 Å². The number of hydrogen-bond acceptors (Lipinski definition) is 5. The summed E-state index contributed by atoms with van der Waals surface area (Å²) in [4.78, 5) is 15.1. The molecule has 0 radical (unpaired) electrons. The number of nitrogens with one attached hydrogen (secondary N) is 2. The normalized spacial score (nSPS) is 11.3. The predicted molar refractivity (Wildman–Crippen MR) is 72.1 cm³/mol. The first-order valence-corrected chi connectivity index (χ1v) is 6.27. The van der Waals surface area contributed by atoms with Gasteiger partial charge in [0.2, 0.25) is 11.8 Å². The summed E-state index contributed by atoms with van der Waals surface area (Å²) in [5.41, 5.74) is -0.483. The van der Waals surface area contributed by atoms with E-state index in [1.54, 1.807) is 6.92 Å². The topological polar surface area (TPSA) is 80.0 Å². The minimum absolute atomic E-state index is 0.0364. The number of hydrogen-bond donors (Lipinski definition) is 2. The summed E-state index contributed by atoms with van der Waals surface area (Å²) in [6.45, 7) is 2.93. The van der Waals surface area contributed by atoms with Crippen LogP contribution in [0.15, 0.2) is 22.7 Å². The molecule has 0 saturated heterocycles. The second-order valence-electron chi connectivity index (χ2n) is 4.53. The molecule has 0 aliphatic heterocycles. The number of aromatic nitrogens is 2. The maximum absolute atomic E-state index is 12.8. The largest absolute Gasteiger partial charge is 0.416 e. The Morgan fingerprint density at radius 3 is 2.59 bits per heavy atom. The van der Waals surface area contributed by atoms with Gasteiger partial charge < -0.3 is 15.2 Å². The number of halogens is 3. The average Bonchev–Trinajstić information content (AvgIpc) is 2.81. The lowest BCUT2D eigenvalue weighted by molar-refractivity contribution is -0.137. The van der Waals surface area contributed by atoms with Gasteiger partial charge in [0.1, 0.15) is 0 Å². The third kappa shape index (κ3) is 3.96. The van der Waals surface area contributed by atoms with Gasteiger partial charge >= 0.3 is 6.18 Å². The number of rotatable bonds is 4. The van der Waals surface area contributed by atoms with Gasteiger partial charge in [-0.15, -0.1) is 0 Å². The molecule has 1 heterocycles. The Balaban J connectivity index is 2.25. The first-order valence-electron chi connectivity index (χ1n) is 6.27. The minimum atomic E-state index is -4.48. The molecule has 0 aliphatic carbocycles. The van der Waals surface area contributed by atoms with Crippen LogP contribution in [0.3, 0.4) is 0 Å². The molecule has 2 N–H and O–H groups in total. The van der Waals surface area contributed by atoms with E-state index < -0.39 is 17.6 Å². The molecule has 2 rings (SSSR count). The number of carbonyl (C=O) groups excluding carboxylic acids is 1. The molecule has 0 aliphatic rings. The summed E-state index contributed by atoms with van der Waals surface area (Å²) in [6.07, 6.45) is -4.48. The van der Waals surface area contributed by atoms with Gasteiger partial charge in [-0.05, 0) is 25.1 Å². The zero-order chi connectivity index (χ0) is 16.3. The van der Waals surface area contributed by atoms with Crippen LogP contribution in [0, 0.1) is 6.92 Å². The Kier molecular flexibility index (Phi) is 4.34. The van der Waals surface area contributed by atoms with Crippen molar-refractivity contribution in [3.8, 4) is 0 Å². The highest BCUT2D eigenvalue weighted by molar-refractivity contribution is 5.92. The van der Waals surface area contributed by atoms with Crippen molar-refractivity contribution in [2.75, 3.05) is 10.6 Å². The van der Waals surface area contributed by atoms with Crippen LogP contribution in [0.1, 0.15) is 24.2 Å². The first-order chi connectivity index (χ1) is 10.3. The molecule has 6 nitrogen and oxygen atoms in total. The highest BCUT2D eigenvalue weighted by atomic mass is 19.4. The Hall–Kier alpha value is -2.58. The molecule has 118 valence electrons. The molecule has 9 heteroatoms. The summed E-state index contributed by atoms with van der Waals surface area (Å²) in [5, 5.41) is 8.79. The second-order valence-corrected chi connectivity index (χ2v) is 4.53. The maximum Gasteiger partial charge on any atom is 0.416 e. The second kappa shape index (κ2) is 6.04. The van der Waals surface area contributed by atoms with E-state index in [0.29, 0.717) is 5.82 Å². The van der Waals surface area contributed by atoms with Gasteiger partial charge in [0.05, 0.1) is 23.5 Å². The van der Waals surface area contributed by atoms with Crippen LogP contribution in [0.25, 0.3) is 0 Å². The van der Waals surface area contributed by atoms with Crippen molar-refractivity contribution in [2.24, 2.45) is 0 Å². The number of amides is 1. The lowest BCUT2D eigenvalue weighted by Crippen LogP contribution is -2.12. The van der Waals surface area contributed by atoms with Crippen molar-refractivity contribution in [3.05, 3.63) is 35.5 Å². The standard InChI is InChI=1S/C13H13F3N4O2/c1-7-18-12(22-20-7)6-17-11-5-9(13(14,15)16)3-4-10(11)19-8(2)21/h3-5,17H,6H2,1-2H3,(H,19,21). The number of carbonyl (C=O) groups is 1. The summed E-state index contributed by atoms with van der Waals surface area (Å²) >= 11 is 0. The Labute approximate surface area is 123 Å². The average molecular weight is 314 g/mol. The van der Waals surface area contributed by atoms with Crippen LogP contribution >= 0.6 is 0 Å². The van der Waals surface area contributed by atoms with Crippen molar-refractivity contribution in [1.82, 2.24) is 10.1 Å². The van der Waals surface area contributed by atoms with Crippen LogP contribution in [-0.4, -0.2) is 16.0 Å². The molecular weight excluding hydrogens is 301 g/mol. The Morgan fingerprint density at radius 1 is 1.32 bits per heavy atom. The molecule has 22 heavy (non-hydrogen) atoms. The van der Waals surface area contributed by atoms with Crippen LogP contribution in [0.2, 0.25) is 0 Å². The van der Waals surface area contributed by atoms with Gasteiger partial charge in [0, 0.05) is 6.92 Å². The van der Waals surface area contributed by atoms with Crippen molar-refractivity contribution >= 4 is 17.3 Å². The number of alkyl halides is 3. The zero-order valence-electron chi connectivity index (χ0n) is 11.8. The van der Waals surface area contributed by atoms with Crippen molar-refractivity contribution in [2.45, 2.75) is 26.6 Å². The monoisotopic (exact) mass is 314 g/mol. The van der Waals surface area contributed by atoms with E-state index in [1.165, 1.54) is 13.0 Å². The lowest BCUT2D eigenvalue weighted by Gasteiger charge is -2.14. The van der Waals surface area contributed by atoms with Gasteiger partial charge in [-0.2, -0.15) is 18.2 Å². The molecule has 1 aromatic heterocycles. The molecule has 0 atom stereocenters. The molecule has 0 unspecified atom stereocenters. The van der Waals surface area contributed by atoms with Crippen LogP contribution in [0.4, 0.5) is 24.5 Å². The molecule has 1 aromatic carbocycles. The maximum atomic E-state index is 12.8. The summed E-state index contributed by atoms with van der Waals surface area (Å²) in [5.74, 6) is 0.253. The van der Waals surface area contributed by atoms with E-state index in [2.05, 4.69) is 20.8 Å². The molecule has 0 fully saturated rings. The predicted octanol–water partition coefficient (Wildman–Crippen LogP) is 2.97. The quantitative estimate of drug-likeness (QED) is 0.907. The molecule has 0 spiro atoms. The van der Waals surface area contributed by atoms with Gasteiger partial charge in [-0.25, -0.2) is 0 Å². The molecule has 0 saturated carbocycles. The molecule has 2 aromatic rings. The van der Waals surface area contributed by atoms with E-state index in [4.69, 9.17) is 4.52 Å².